The molecule has 1 aliphatic heterocycles. The van der Waals surface area contributed by atoms with Crippen molar-refractivity contribution in [3.8, 4) is 0 Å². The summed E-state index contributed by atoms with van der Waals surface area (Å²) >= 11 is 16.9. The first kappa shape index (κ1) is 18.6. The van der Waals surface area contributed by atoms with Crippen molar-refractivity contribution in [2.75, 3.05) is 19.4 Å². The van der Waals surface area contributed by atoms with Gasteiger partial charge in [-0.3, -0.25) is 0 Å². The first-order chi connectivity index (χ1) is 10.2. The second-order valence-electron chi connectivity index (χ2n) is 4.08. The van der Waals surface area contributed by atoms with Crippen LogP contribution >= 0.6 is 34.8 Å². The van der Waals surface area contributed by atoms with Gasteiger partial charge in [-0.25, -0.2) is 14.0 Å². The van der Waals surface area contributed by atoms with Gasteiger partial charge < -0.3 is 15.1 Å². The first-order valence-electron chi connectivity index (χ1n) is 5.90. The predicted octanol–water partition coefficient (Wildman–Crippen LogP) is 3.64. The minimum absolute atomic E-state index is 0.0638. The minimum atomic E-state index is -0.937. The van der Waals surface area contributed by atoms with Crippen molar-refractivity contribution in [3.63, 3.8) is 0 Å². The van der Waals surface area contributed by atoms with Crippen LogP contribution in [0.5, 0.6) is 0 Å². The van der Waals surface area contributed by atoms with Gasteiger partial charge in [0.1, 0.15) is 16.2 Å². The van der Waals surface area contributed by atoms with Gasteiger partial charge in [0.2, 0.25) is 0 Å². The summed E-state index contributed by atoms with van der Waals surface area (Å²) in [7, 11) is 2.97. The van der Waals surface area contributed by atoms with Crippen LogP contribution in [0.1, 0.15) is 0 Å². The van der Waals surface area contributed by atoms with Gasteiger partial charge in [0, 0.05) is 7.05 Å². The van der Waals surface area contributed by atoms with E-state index >= 15 is 0 Å². The van der Waals surface area contributed by atoms with Crippen LogP contribution < -0.4 is 5.32 Å². The Bertz CT molecular complexity index is 547. The number of benzene rings is 1. The molecule has 1 aromatic rings. The number of para-hydroxylation sites is 1. The first-order valence-corrected chi connectivity index (χ1v) is 7.21. The Kier molecular flexibility index (Phi) is 6.99. The average Bonchev–Trinajstić information content (AvgIpc) is 3.13. The zero-order valence-electron chi connectivity index (χ0n) is 11.6. The van der Waals surface area contributed by atoms with Crippen LogP contribution in [0.15, 0.2) is 24.3 Å². The molecule has 122 valence electrons. The van der Waals surface area contributed by atoms with Crippen molar-refractivity contribution in [1.82, 2.24) is 9.96 Å². The molecule has 1 saturated heterocycles. The van der Waals surface area contributed by atoms with Gasteiger partial charge in [0.05, 0.1) is 12.7 Å². The summed E-state index contributed by atoms with van der Waals surface area (Å²) in [5.74, 6) is -0.534. The van der Waals surface area contributed by atoms with E-state index in [0.717, 1.165) is 9.96 Å². The number of hydrogen-bond acceptors (Lipinski definition) is 3. The fourth-order valence-corrected chi connectivity index (χ4v) is 1.57. The molecule has 0 bridgehead atoms. The van der Waals surface area contributed by atoms with E-state index in [1.165, 1.54) is 25.2 Å². The van der Waals surface area contributed by atoms with Gasteiger partial charge in [-0.2, -0.15) is 0 Å². The molecule has 0 radical (unpaired) electrons. The quantitative estimate of drug-likeness (QED) is 0.500. The summed E-state index contributed by atoms with van der Waals surface area (Å²) in [5.41, 5.74) is -0.834. The SMILES string of the molecule is CN(C(=O)Nc1ccccc1F)C(Cl)C(Cl)Cl.CN1OC1=O. The Balaban J connectivity index is 0.000000406. The second kappa shape index (κ2) is 8.26. The number of nitrogens with zero attached hydrogens (tertiary/aromatic N) is 2. The molecule has 0 saturated carbocycles. The van der Waals surface area contributed by atoms with Crippen molar-refractivity contribution in [2.24, 2.45) is 0 Å². The van der Waals surface area contributed by atoms with Crippen LogP contribution in [0.3, 0.4) is 0 Å². The molecule has 1 fully saturated rings. The monoisotopic (exact) mass is 371 g/mol. The molecule has 2 rings (SSSR count). The topological polar surface area (TPSA) is 65.0 Å². The molecule has 3 amide bonds. The van der Waals surface area contributed by atoms with E-state index in [9.17, 15) is 14.0 Å². The summed E-state index contributed by atoms with van der Waals surface area (Å²) in [6, 6.07) is 5.19. The van der Waals surface area contributed by atoms with Crippen LogP contribution in [-0.4, -0.2) is 46.5 Å². The van der Waals surface area contributed by atoms with Crippen LogP contribution in [0.2, 0.25) is 0 Å². The number of carbonyl (C=O) groups is 2. The van der Waals surface area contributed by atoms with Gasteiger partial charge >= 0.3 is 12.1 Å². The van der Waals surface area contributed by atoms with E-state index in [1.54, 1.807) is 13.1 Å². The summed E-state index contributed by atoms with van der Waals surface area (Å²) in [6.07, 6.45) is -0.245. The minimum Gasteiger partial charge on any atom is -0.314 e. The highest BCUT2D eigenvalue weighted by Crippen LogP contribution is 2.19. The number of carbonyl (C=O) groups excluding carboxylic acids is 2. The highest BCUT2D eigenvalue weighted by atomic mass is 35.5. The molecule has 0 aromatic heterocycles. The van der Waals surface area contributed by atoms with E-state index < -0.39 is 22.2 Å². The molecule has 6 nitrogen and oxygen atoms in total. The van der Waals surface area contributed by atoms with Gasteiger partial charge in [-0.1, -0.05) is 23.7 Å². The zero-order valence-corrected chi connectivity index (χ0v) is 13.9. The van der Waals surface area contributed by atoms with E-state index in [0.29, 0.717) is 0 Å². The number of halogens is 4. The Morgan fingerprint density at radius 1 is 1.36 bits per heavy atom. The number of nitrogens with one attached hydrogen (secondary N) is 1. The largest absolute Gasteiger partial charge is 0.467 e. The van der Waals surface area contributed by atoms with Crippen molar-refractivity contribution < 1.29 is 18.8 Å². The molecule has 0 spiro atoms. The lowest BCUT2D eigenvalue weighted by Crippen LogP contribution is -2.40. The molecule has 1 N–H and O–H groups in total. The molecule has 1 unspecified atom stereocenters. The lowest BCUT2D eigenvalue weighted by atomic mass is 10.3. The van der Waals surface area contributed by atoms with Gasteiger partial charge in [0.15, 0.2) is 0 Å². The number of amides is 3. The van der Waals surface area contributed by atoms with Crippen molar-refractivity contribution in [3.05, 3.63) is 30.1 Å². The summed E-state index contributed by atoms with van der Waals surface area (Å²) < 4.78 is 13.3. The molecule has 0 aliphatic carbocycles. The third-order valence-electron chi connectivity index (χ3n) is 2.45. The summed E-state index contributed by atoms with van der Waals surface area (Å²) in [4.78, 5) is 25.5. The molecular formula is C12H13Cl3FN3O3. The van der Waals surface area contributed by atoms with E-state index in [2.05, 4.69) is 10.2 Å². The van der Waals surface area contributed by atoms with Gasteiger partial charge in [-0.15, -0.1) is 28.3 Å². The van der Waals surface area contributed by atoms with Crippen LogP contribution in [-0.2, 0) is 4.84 Å². The third-order valence-corrected chi connectivity index (χ3v) is 3.73. The van der Waals surface area contributed by atoms with Crippen LogP contribution in [0.25, 0.3) is 0 Å². The molecule has 1 aromatic carbocycles. The fraction of sp³-hybridized carbons (Fsp3) is 0.333. The number of alkyl halides is 3. The standard InChI is InChI=1S/C10H10Cl3FN2O.C2H3NO2/c1-16(9(13)8(11)12)10(17)15-7-5-3-2-4-6(7)14;1-3-2(4)5-3/h2-5,8-9H,1H3,(H,15,17);1H3. The number of hydrogen-bond donors (Lipinski definition) is 1. The smallest absolute Gasteiger partial charge is 0.314 e. The Morgan fingerprint density at radius 2 is 1.86 bits per heavy atom. The van der Waals surface area contributed by atoms with Crippen LogP contribution in [0, 0.1) is 5.82 Å². The van der Waals surface area contributed by atoms with Crippen LogP contribution in [0.4, 0.5) is 19.7 Å². The normalized spacial score (nSPS) is 13.8. The molecule has 22 heavy (non-hydrogen) atoms. The van der Waals surface area contributed by atoms with Gasteiger partial charge in [0.25, 0.3) is 0 Å². The lowest BCUT2D eigenvalue weighted by molar-refractivity contribution is 0.219. The number of hydroxylamine groups is 2. The van der Waals surface area contributed by atoms with E-state index in [4.69, 9.17) is 34.8 Å². The highest BCUT2D eigenvalue weighted by molar-refractivity contribution is 6.48. The Labute approximate surface area is 141 Å². The van der Waals surface area contributed by atoms with Gasteiger partial charge in [-0.05, 0) is 12.1 Å². The van der Waals surface area contributed by atoms with Crippen molar-refractivity contribution in [2.45, 2.75) is 10.3 Å². The Hall–Kier alpha value is -1.44. The zero-order chi connectivity index (χ0) is 16.9. The summed E-state index contributed by atoms with van der Waals surface area (Å²) in [6.45, 7) is 0. The average molecular weight is 373 g/mol. The second-order valence-corrected chi connectivity index (χ2v) is 5.69. The fourth-order valence-electron chi connectivity index (χ4n) is 1.14. The maximum atomic E-state index is 13.3. The summed E-state index contributed by atoms with van der Waals surface area (Å²) in [5, 5.41) is 3.51. The lowest BCUT2D eigenvalue weighted by Gasteiger charge is -2.24. The maximum absolute atomic E-state index is 13.3. The molecular weight excluding hydrogens is 360 g/mol. The molecule has 1 atom stereocenters. The van der Waals surface area contributed by atoms with E-state index in [1.807, 2.05) is 0 Å². The molecule has 1 aliphatic rings. The maximum Gasteiger partial charge on any atom is 0.467 e. The number of anilines is 1. The van der Waals surface area contributed by atoms with Crippen molar-refractivity contribution >= 4 is 52.6 Å². The molecule has 1 heterocycles. The molecule has 10 heteroatoms. The predicted molar refractivity (Wildman–Crippen MR) is 82.6 cm³/mol. The number of urea groups is 1. The Morgan fingerprint density at radius 3 is 2.27 bits per heavy atom. The number of rotatable bonds is 3. The highest BCUT2D eigenvalue weighted by Gasteiger charge is 2.28. The third kappa shape index (κ3) is 5.75. The van der Waals surface area contributed by atoms with E-state index in [-0.39, 0.29) is 11.8 Å². The van der Waals surface area contributed by atoms with Crippen molar-refractivity contribution in [1.29, 1.82) is 0 Å².